The van der Waals surface area contributed by atoms with Crippen LogP contribution in [0.1, 0.15) is 108 Å². The SMILES string of the molecule is [2H]C([2H])(c1cc(-c2cccc3c4ccccc4c4ccc(C(C)(C)C)cc4c4cccc5c4n(c23)CN5c2cccc(Oc3ccc4c5ccccc5n(-c5cc(C(C)(C)C)ccn5)c4c3)c2)cc(C(C)(C)C)c1)C(C)(C)C. The predicted octanol–water partition coefficient (Wildman–Crippen LogP) is 19.8. The first-order chi connectivity index (χ1) is 37.0. The smallest absolute Gasteiger partial charge is 0.137 e. The van der Waals surface area contributed by atoms with Crippen molar-refractivity contribution in [2.24, 2.45) is 5.41 Å². The van der Waals surface area contributed by atoms with Gasteiger partial charge in [-0.2, -0.15) is 0 Å². The first-order valence-corrected chi connectivity index (χ1v) is 27.0. The molecule has 4 heterocycles. The van der Waals surface area contributed by atoms with Gasteiger partial charge in [-0.1, -0.05) is 192 Å². The quantitative estimate of drug-likeness (QED) is 0.167. The van der Waals surface area contributed by atoms with Crippen molar-refractivity contribution in [1.29, 1.82) is 0 Å². The van der Waals surface area contributed by atoms with Gasteiger partial charge in [0.1, 0.15) is 24.0 Å². The lowest BCUT2D eigenvalue weighted by Gasteiger charge is -2.25. The highest BCUT2D eigenvalue weighted by atomic mass is 16.5. The zero-order valence-corrected chi connectivity index (χ0v) is 46.2. The van der Waals surface area contributed by atoms with Crippen LogP contribution in [0.2, 0.25) is 0 Å². The van der Waals surface area contributed by atoms with Gasteiger partial charge < -0.3 is 14.2 Å². The van der Waals surface area contributed by atoms with E-state index in [-0.39, 0.29) is 16.2 Å². The summed E-state index contributed by atoms with van der Waals surface area (Å²) in [6.07, 6.45) is 0.309. The van der Waals surface area contributed by atoms with Gasteiger partial charge in [-0.15, -0.1) is 0 Å². The number of nitrogens with zero attached hydrogens (tertiary/aromatic N) is 4. The number of ether oxygens (including phenoxy) is 1. The van der Waals surface area contributed by atoms with Crippen LogP contribution in [0.3, 0.4) is 0 Å². The van der Waals surface area contributed by atoms with Crippen LogP contribution in [0.15, 0.2) is 182 Å². The molecule has 76 heavy (non-hydrogen) atoms. The van der Waals surface area contributed by atoms with Gasteiger partial charge in [0.05, 0.1) is 27.8 Å². The number of hydrogen-bond acceptors (Lipinski definition) is 3. The molecule has 0 amide bonds. The Morgan fingerprint density at radius 1 is 0.474 bits per heavy atom. The van der Waals surface area contributed by atoms with Crippen LogP contribution in [0.4, 0.5) is 11.4 Å². The zero-order valence-electron chi connectivity index (χ0n) is 48.2. The van der Waals surface area contributed by atoms with E-state index in [4.69, 9.17) is 9.72 Å². The van der Waals surface area contributed by atoms with Crippen LogP contribution in [0.5, 0.6) is 11.5 Å². The molecule has 0 radical (unpaired) electrons. The number of anilines is 2. The second-order valence-electron chi connectivity index (χ2n) is 25.1. The van der Waals surface area contributed by atoms with Crippen LogP contribution in [0.25, 0.3) is 82.1 Å². The van der Waals surface area contributed by atoms with Gasteiger partial charge in [0.2, 0.25) is 0 Å². The minimum Gasteiger partial charge on any atom is -0.457 e. The van der Waals surface area contributed by atoms with Gasteiger partial charge in [-0.3, -0.25) is 4.57 Å². The van der Waals surface area contributed by atoms with Crippen molar-refractivity contribution in [2.75, 3.05) is 4.90 Å². The lowest BCUT2D eigenvalue weighted by atomic mass is 9.81. The molecule has 0 fully saturated rings. The topological polar surface area (TPSA) is 35.2 Å². The van der Waals surface area contributed by atoms with Gasteiger partial charge in [-0.05, 0) is 132 Å². The maximum Gasteiger partial charge on any atom is 0.137 e. The number of fused-ring (bicyclic) bond motifs is 10. The Labute approximate surface area is 451 Å². The monoisotopic (exact) mass is 997 g/mol. The Morgan fingerprint density at radius 2 is 1.08 bits per heavy atom. The number of para-hydroxylation sites is 3. The average Bonchev–Trinajstić information content (AvgIpc) is 4.12. The van der Waals surface area contributed by atoms with E-state index in [0.29, 0.717) is 12.2 Å². The maximum atomic E-state index is 9.65. The van der Waals surface area contributed by atoms with E-state index >= 15 is 0 Å². The Balaban J connectivity index is 1.09. The van der Waals surface area contributed by atoms with E-state index in [1.165, 1.54) is 32.7 Å². The molecule has 380 valence electrons. The molecule has 1 aliphatic heterocycles. The molecule has 0 bridgehead atoms. The van der Waals surface area contributed by atoms with Gasteiger partial charge in [0, 0.05) is 53.9 Å². The van der Waals surface area contributed by atoms with Crippen molar-refractivity contribution in [2.45, 2.75) is 112 Å². The molecule has 5 nitrogen and oxygen atoms in total. The third-order valence-corrected chi connectivity index (χ3v) is 15.3. The molecular formula is C71H70N4O. The van der Waals surface area contributed by atoms with Crippen LogP contribution in [0, 0.1) is 5.41 Å². The molecule has 0 aliphatic carbocycles. The van der Waals surface area contributed by atoms with Gasteiger partial charge in [-0.25, -0.2) is 4.98 Å². The zero-order chi connectivity index (χ0) is 54.8. The largest absolute Gasteiger partial charge is 0.457 e. The highest BCUT2D eigenvalue weighted by Crippen LogP contribution is 2.47. The van der Waals surface area contributed by atoms with E-state index in [2.05, 4.69) is 246 Å². The summed E-state index contributed by atoms with van der Waals surface area (Å²) in [6.45, 7) is 26.8. The normalized spacial score (nSPS) is 13.8. The second-order valence-corrected chi connectivity index (χ2v) is 25.1. The van der Waals surface area contributed by atoms with Crippen LogP contribution < -0.4 is 9.64 Å². The fourth-order valence-electron chi connectivity index (χ4n) is 11.5. The molecule has 1 aliphatic rings. The van der Waals surface area contributed by atoms with Gasteiger partial charge >= 0.3 is 0 Å². The van der Waals surface area contributed by atoms with Crippen molar-refractivity contribution in [3.8, 4) is 28.4 Å². The van der Waals surface area contributed by atoms with E-state index in [0.717, 1.165) is 89.0 Å². The van der Waals surface area contributed by atoms with E-state index in [1.54, 1.807) is 0 Å². The molecule has 0 saturated heterocycles. The lowest BCUT2D eigenvalue weighted by molar-refractivity contribution is 0.411. The summed E-state index contributed by atoms with van der Waals surface area (Å²) in [6, 6.07) is 63.7. The highest BCUT2D eigenvalue weighted by Gasteiger charge is 2.28. The molecule has 0 atom stereocenters. The van der Waals surface area contributed by atoms with Crippen LogP contribution in [-0.2, 0) is 29.3 Å². The van der Waals surface area contributed by atoms with E-state index in [1.807, 2.05) is 33.0 Å². The second kappa shape index (κ2) is 17.9. The number of pyridine rings is 1. The first kappa shape index (κ1) is 46.6. The van der Waals surface area contributed by atoms with Gasteiger partial charge in [0.25, 0.3) is 0 Å². The van der Waals surface area contributed by atoms with E-state index < -0.39 is 11.8 Å². The number of benzene rings is 8. The third-order valence-electron chi connectivity index (χ3n) is 15.3. The molecule has 0 N–H and O–H groups in total. The molecular weight excluding hydrogens is 925 g/mol. The predicted molar refractivity (Wildman–Crippen MR) is 324 cm³/mol. The summed E-state index contributed by atoms with van der Waals surface area (Å²) >= 11 is 0. The van der Waals surface area contributed by atoms with Crippen molar-refractivity contribution in [3.63, 3.8) is 0 Å². The number of hydrogen-bond donors (Lipinski definition) is 0. The van der Waals surface area contributed by atoms with E-state index in [9.17, 15) is 2.74 Å². The Hall–Kier alpha value is -7.89. The summed E-state index contributed by atoms with van der Waals surface area (Å²) in [5.74, 6) is 2.34. The molecule has 12 rings (SSSR count). The number of aromatic nitrogens is 3. The number of rotatable bonds is 6. The highest BCUT2D eigenvalue weighted by molar-refractivity contribution is 6.22. The molecule has 8 aromatic carbocycles. The van der Waals surface area contributed by atoms with Crippen molar-refractivity contribution in [3.05, 3.63) is 204 Å². The standard InChI is InChI=1S/C71H70N4O/c1-68(2,3)43-45-36-46(38-49(37-45)71(10,11)12)53-25-18-26-59-55-23-14-13-22-54(55)56-32-30-47(69(4,5)6)39-61(56)60-27-19-29-63-67(60)74(66(53)59)44-73(63)50-20-17-21-51(41-50)76-52-31-33-58-57-24-15-16-28-62(57)75(64(58)42-52)65-40-48(34-35-72-65)70(7,8)9/h13-42H,43-44H2,1-12H3/i43D2. The molecule has 0 unspecified atom stereocenters. The minimum absolute atomic E-state index is 0.0377. The molecule has 11 aromatic rings. The summed E-state index contributed by atoms with van der Waals surface area (Å²) in [5.41, 5.74) is 11.7. The Kier molecular flexibility index (Phi) is 11.0. The molecule has 3 aromatic heterocycles. The fourth-order valence-corrected chi connectivity index (χ4v) is 11.5. The van der Waals surface area contributed by atoms with Crippen molar-refractivity contribution < 1.29 is 7.48 Å². The van der Waals surface area contributed by atoms with Crippen molar-refractivity contribution in [1.82, 2.24) is 14.1 Å². The maximum absolute atomic E-state index is 9.65. The van der Waals surface area contributed by atoms with Gasteiger partial charge in [0.15, 0.2) is 0 Å². The van der Waals surface area contributed by atoms with Crippen LogP contribution in [-0.4, -0.2) is 14.1 Å². The average molecular weight is 997 g/mol. The third kappa shape index (κ3) is 8.74. The summed E-state index contributed by atoms with van der Waals surface area (Å²) in [5, 5.41) is 9.27. The summed E-state index contributed by atoms with van der Waals surface area (Å²) in [7, 11) is 0. The van der Waals surface area contributed by atoms with Crippen LogP contribution >= 0.6 is 0 Å². The molecule has 0 saturated carbocycles. The van der Waals surface area contributed by atoms with Crippen molar-refractivity contribution >= 4 is 76.5 Å². The summed E-state index contributed by atoms with van der Waals surface area (Å²) < 4.78 is 31.0. The molecule has 0 spiro atoms. The molecule has 5 heteroatoms. The first-order valence-electron chi connectivity index (χ1n) is 28.0. The Morgan fingerprint density at radius 3 is 1.82 bits per heavy atom. The minimum atomic E-state index is -1.61. The Bertz CT molecular complexity index is 4300. The lowest BCUT2D eigenvalue weighted by Crippen LogP contribution is -2.15. The summed E-state index contributed by atoms with van der Waals surface area (Å²) in [4.78, 5) is 7.36. The fraction of sp³-hybridized carbons (Fsp3) is 0.254.